The third-order valence-corrected chi connectivity index (χ3v) is 4.64. The van der Waals surface area contributed by atoms with Gasteiger partial charge in [0.2, 0.25) is 0 Å². The number of amides is 1. The number of carbonyl (C=O) groups excluding carboxylic acids is 1. The Morgan fingerprint density at radius 1 is 1.68 bits per heavy atom. The van der Waals surface area contributed by atoms with Gasteiger partial charge in [-0.25, -0.2) is 4.98 Å². The van der Waals surface area contributed by atoms with Crippen LogP contribution in [0, 0.1) is 0 Å². The molecule has 1 aliphatic rings. The number of rotatable bonds is 3. The first-order chi connectivity index (χ1) is 8.99. The molecule has 6 heteroatoms. The molecule has 5 nitrogen and oxygen atoms in total. The van der Waals surface area contributed by atoms with Gasteiger partial charge in [0.1, 0.15) is 10.7 Å². The van der Waals surface area contributed by atoms with Crippen molar-refractivity contribution in [1.29, 1.82) is 0 Å². The van der Waals surface area contributed by atoms with Gasteiger partial charge in [0.05, 0.1) is 6.04 Å². The van der Waals surface area contributed by atoms with E-state index in [1.165, 1.54) is 11.3 Å². The Morgan fingerprint density at radius 3 is 3.00 bits per heavy atom. The van der Waals surface area contributed by atoms with E-state index in [1.54, 1.807) is 0 Å². The van der Waals surface area contributed by atoms with Crippen molar-refractivity contribution in [3.05, 3.63) is 16.1 Å². The Morgan fingerprint density at radius 2 is 2.42 bits per heavy atom. The summed E-state index contributed by atoms with van der Waals surface area (Å²) in [5.41, 5.74) is 6.30. The molecular weight excluding hydrogens is 260 g/mol. The molecule has 0 bridgehead atoms. The smallest absolute Gasteiger partial charge is 0.273 e. The van der Waals surface area contributed by atoms with Crippen LogP contribution in [0.1, 0.15) is 41.3 Å². The van der Waals surface area contributed by atoms with Gasteiger partial charge in [0, 0.05) is 25.0 Å². The summed E-state index contributed by atoms with van der Waals surface area (Å²) >= 11 is 1.46. The molecule has 2 unspecified atom stereocenters. The number of thiazole rings is 1. The molecule has 2 atom stereocenters. The maximum Gasteiger partial charge on any atom is 0.273 e. The van der Waals surface area contributed by atoms with Gasteiger partial charge in [0.25, 0.3) is 5.91 Å². The second kappa shape index (κ2) is 5.98. The van der Waals surface area contributed by atoms with Crippen molar-refractivity contribution in [2.45, 2.75) is 31.8 Å². The highest BCUT2D eigenvalue weighted by atomic mass is 32.1. The molecule has 2 rings (SSSR count). The van der Waals surface area contributed by atoms with Crippen LogP contribution in [-0.4, -0.2) is 53.9 Å². The molecule has 0 aromatic carbocycles. The number of piperidine rings is 1. The average Bonchev–Trinajstić information content (AvgIpc) is 2.86. The van der Waals surface area contributed by atoms with Crippen molar-refractivity contribution in [1.82, 2.24) is 14.8 Å². The maximum absolute atomic E-state index is 12.4. The van der Waals surface area contributed by atoms with Crippen molar-refractivity contribution < 1.29 is 4.79 Å². The largest absolute Gasteiger partial charge is 0.336 e. The Hall–Kier alpha value is -0.980. The molecule has 19 heavy (non-hydrogen) atoms. The fraction of sp³-hybridized carbons (Fsp3) is 0.692. The molecule has 106 valence electrons. The number of likely N-dealkylation sites (N-methyl/N-ethyl adjacent to an activating group) is 2. The predicted octanol–water partition coefficient (Wildman–Crippen LogP) is 1.33. The molecule has 1 saturated heterocycles. The van der Waals surface area contributed by atoms with E-state index in [2.05, 4.69) is 16.9 Å². The summed E-state index contributed by atoms with van der Waals surface area (Å²) in [4.78, 5) is 20.8. The summed E-state index contributed by atoms with van der Waals surface area (Å²) in [6, 6.07) is 0.171. The van der Waals surface area contributed by atoms with Crippen molar-refractivity contribution in [3.8, 4) is 0 Å². The fourth-order valence-electron chi connectivity index (χ4n) is 2.40. The molecule has 0 spiro atoms. The zero-order valence-electron chi connectivity index (χ0n) is 11.8. The highest BCUT2D eigenvalue weighted by Crippen LogP contribution is 2.19. The Labute approximate surface area is 118 Å². The summed E-state index contributed by atoms with van der Waals surface area (Å²) in [6.07, 6.45) is 2.21. The second-order valence-corrected chi connectivity index (χ2v) is 6.22. The van der Waals surface area contributed by atoms with Crippen LogP contribution in [0.4, 0.5) is 0 Å². The summed E-state index contributed by atoms with van der Waals surface area (Å²) in [6.45, 7) is 3.93. The zero-order chi connectivity index (χ0) is 14.0. The van der Waals surface area contributed by atoms with Crippen LogP contribution in [0.3, 0.4) is 0 Å². The van der Waals surface area contributed by atoms with Crippen LogP contribution in [-0.2, 0) is 0 Å². The summed E-state index contributed by atoms with van der Waals surface area (Å²) in [5.74, 6) is 0.00319. The fourth-order valence-corrected chi connectivity index (χ4v) is 3.15. The molecular formula is C13H22N4OS. The monoisotopic (exact) mass is 282 g/mol. The molecule has 1 amide bonds. The lowest BCUT2D eigenvalue weighted by Gasteiger charge is -2.35. The molecule has 1 fully saturated rings. The van der Waals surface area contributed by atoms with E-state index in [0.717, 1.165) is 30.9 Å². The summed E-state index contributed by atoms with van der Waals surface area (Å²) < 4.78 is 0. The number of hydrogen-bond acceptors (Lipinski definition) is 5. The lowest BCUT2D eigenvalue weighted by molar-refractivity contribution is 0.0639. The molecule has 0 saturated carbocycles. The van der Waals surface area contributed by atoms with E-state index in [9.17, 15) is 4.79 Å². The number of aromatic nitrogens is 1. The lowest BCUT2D eigenvalue weighted by Crippen LogP contribution is -2.47. The van der Waals surface area contributed by atoms with Crippen molar-refractivity contribution in [3.63, 3.8) is 0 Å². The third-order valence-electron chi connectivity index (χ3n) is 3.60. The van der Waals surface area contributed by atoms with Crippen molar-refractivity contribution >= 4 is 17.2 Å². The second-order valence-electron chi connectivity index (χ2n) is 5.33. The van der Waals surface area contributed by atoms with Gasteiger partial charge in [-0.3, -0.25) is 4.79 Å². The van der Waals surface area contributed by atoms with E-state index in [-0.39, 0.29) is 18.0 Å². The number of hydrogen-bond donors (Lipinski definition) is 1. The maximum atomic E-state index is 12.4. The number of carbonyl (C=O) groups is 1. The van der Waals surface area contributed by atoms with E-state index < -0.39 is 0 Å². The molecule has 1 aliphatic heterocycles. The zero-order valence-corrected chi connectivity index (χ0v) is 12.6. The van der Waals surface area contributed by atoms with Gasteiger partial charge in [-0.05, 0) is 33.4 Å². The standard InChI is InChI=1S/C13H22N4OS/c1-9(14)12-15-11(8-19-12)13(18)17(3)10-5-4-6-16(2)7-10/h8-10H,4-7,14H2,1-3H3. The van der Waals surface area contributed by atoms with Crippen LogP contribution in [0.2, 0.25) is 0 Å². The van der Waals surface area contributed by atoms with Crippen LogP contribution in [0.25, 0.3) is 0 Å². The number of likely N-dealkylation sites (tertiary alicyclic amines) is 1. The van der Waals surface area contributed by atoms with Crippen molar-refractivity contribution in [2.24, 2.45) is 5.73 Å². The molecule has 2 heterocycles. The highest BCUT2D eigenvalue weighted by molar-refractivity contribution is 7.09. The Balaban J connectivity index is 2.05. The number of nitrogens with zero attached hydrogens (tertiary/aromatic N) is 3. The predicted molar refractivity (Wildman–Crippen MR) is 77.3 cm³/mol. The van der Waals surface area contributed by atoms with E-state index in [0.29, 0.717) is 5.69 Å². The average molecular weight is 282 g/mol. The van der Waals surface area contributed by atoms with E-state index in [1.807, 2.05) is 24.3 Å². The van der Waals surface area contributed by atoms with Crippen molar-refractivity contribution in [2.75, 3.05) is 27.2 Å². The highest BCUT2D eigenvalue weighted by Gasteiger charge is 2.26. The van der Waals surface area contributed by atoms with Crippen LogP contribution in [0.15, 0.2) is 5.38 Å². The lowest BCUT2D eigenvalue weighted by atomic mass is 10.0. The van der Waals surface area contributed by atoms with E-state index >= 15 is 0 Å². The van der Waals surface area contributed by atoms with E-state index in [4.69, 9.17) is 5.73 Å². The van der Waals surface area contributed by atoms with Gasteiger partial charge in [-0.2, -0.15) is 0 Å². The SMILES string of the molecule is CC(N)c1nc(C(=O)N(C)C2CCCN(C)C2)cs1. The number of nitrogens with two attached hydrogens (primary N) is 1. The minimum Gasteiger partial charge on any atom is -0.336 e. The Kier molecular flexibility index (Phi) is 4.54. The molecule has 1 aromatic rings. The minimum absolute atomic E-state index is 0.00319. The molecule has 0 radical (unpaired) electrons. The minimum atomic E-state index is -0.113. The van der Waals surface area contributed by atoms with Gasteiger partial charge in [0.15, 0.2) is 0 Å². The summed E-state index contributed by atoms with van der Waals surface area (Å²) in [5, 5.41) is 2.63. The van der Waals surface area contributed by atoms with Crippen LogP contribution < -0.4 is 5.73 Å². The molecule has 1 aromatic heterocycles. The summed E-state index contributed by atoms with van der Waals surface area (Å²) in [7, 11) is 3.97. The normalized spacial score (nSPS) is 22.2. The third kappa shape index (κ3) is 3.32. The van der Waals surface area contributed by atoms with Crippen LogP contribution >= 0.6 is 11.3 Å². The molecule has 2 N–H and O–H groups in total. The van der Waals surface area contributed by atoms with Gasteiger partial charge >= 0.3 is 0 Å². The topological polar surface area (TPSA) is 62.5 Å². The van der Waals surface area contributed by atoms with Gasteiger partial charge in [-0.1, -0.05) is 0 Å². The Bertz CT molecular complexity index is 446. The first kappa shape index (κ1) is 14.4. The first-order valence-electron chi connectivity index (χ1n) is 6.65. The van der Waals surface area contributed by atoms with Gasteiger partial charge in [-0.15, -0.1) is 11.3 Å². The van der Waals surface area contributed by atoms with Gasteiger partial charge < -0.3 is 15.5 Å². The van der Waals surface area contributed by atoms with Crippen LogP contribution in [0.5, 0.6) is 0 Å². The quantitative estimate of drug-likeness (QED) is 0.908. The molecule has 0 aliphatic carbocycles. The first-order valence-corrected chi connectivity index (χ1v) is 7.53.